The van der Waals surface area contributed by atoms with Crippen LogP contribution in [0.3, 0.4) is 0 Å². The molecule has 0 bridgehead atoms. The zero-order valence-corrected chi connectivity index (χ0v) is 10.3. The van der Waals surface area contributed by atoms with Gasteiger partial charge in [0, 0.05) is 24.8 Å². The Hall–Kier alpha value is -1.06. The molecule has 0 spiro atoms. The predicted molar refractivity (Wildman–Crippen MR) is 68.8 cm³/mol. The van der Waals surface area contributed by atoms with Crippen molar-refractivity contribution in [3.8, 4) is 0 Å². The number of hydrogen-bond acceptors (Lipinski definition) is 3. The molecule has 3 N–H and O–H groups in total. The summed E-state index contributed by atoms with van der Waals surface area (Å²) < 4.78 is 0. The van der Waals surface area contributed by atoms with E-state index in [1.807, 2.05) is 12.1 Å². The number of aryl methyl sites for hydroxylation is 1. The minimum absolute atomic E-state index is 0.358. The number of aliphatic hydroxyl groups is 1. The van der Waals surface area contributed by atoms with E-state index in [4.69, 9.17) is 0 Å². The van der Waals surface area contributed by atoms with Gasteiger partial charge in [0.25, 0.3) is 0 Å². The van der Waals surface area contributed by atoms with E-state index in [-0.39, 0.29) is 6.10 Å². The molecule has 0 aliphatic carbocycles. The lowest BCUT2D eigenvalue weighted by atomic mass is 10.2. The summed E-state index contributed by atoms with van der Waals surface area (Å²) in [5.74, 6) is 0. The fourth-order valence-electron chi connectivity index (χ4n) is 1.43. The molecule has 1 rings (SSSR count). The molecule has 3 nitrogen and oxygen atoms in total. The van der Waals surface area contributed by atoms with Crippen molar-refractivity contribution in [1.82, 2.24) is 5.32 Å². The molecule has 16 heavy (non-hydrogen) atoms. The summed E-state index contributed by atoms with van der Waals surface area (Å²) >= 11 is 0. The summed E-state index contributed by atoms with van der Waals surface area (Å²) in [6.45, 7) is 7.39. The Morgan fingerprint density at radius 2 is 2.00 bits per heavy atom. The van der Waals surface area contributed by atoms with Crippen molar-refractivity contribution in [1.29, 1.82) is 0 Å². The predicted octanol–water partition coefficient (Wildman–Crippen LogP) is 1.77. The Morgan fingerprint density at radius 3 is 2.62 bits per heavy atom. The number of nitrogens with one attached hydrogen (secondary N) is 2. The molecule has 1 aromatic carbocycles. The molecule has 3 heteroatoms. The van der Waals surface area contributed by atoms with E-state index in [0.717, 1.165) is 5.69 Å². The Balaban J connectivity index is 2.28. The van der Waals surface area contributed by atoms with Gasteiger partial charge in [-0.2, -0.15) is 0 Å². The van der Waals surface area contributed by atoms with Gasteiger partial charge in [-0.25, -0.2) is 0 Å². The second-order valence-electron chi connectivity index (χ2n) is 4.47. The van der Waals surface area contributed by atoms with Crippen LogP contribution in [-0.2, 0) is 0 Å². The molecule has 1 aromatic rings. The van der Waals surface area contributed by atoms with Crippen LogP contribution in [0.25, 0.3) is 0 Å². The molecule has 0 aliphatic heterocycles. The molecular formula is C13H22N2O. The second-order valence-corrected chi connectivity index (χ2v) is 4.47. The third-order valence-electron chi connectivity index (χ3n) is 2.32. The van der Waals surface area contributed by atoms with Crippen LogP contribution < -0.4 is 10.6 Å². The van der Waals surface area contributed by atoms with Crippen molar-refractivity contribution in [3.63, 3.8) is 0 Å². The molecule has 0 aliphatic rings. The van der Waals surface area contributed by atoms with Gasteiger partial charge in [0.15, 0.2) is 0 Å². The lowest BCUT2D eigenvalue weighted by molar-refractivity contribution is 0.181. The number of anilines is 1. The van der Waals surface area contributed by atoms with Gasteiger partial charge in [-0.1, -0.05) is 26.0 Å². The Kier molecular flexibility index (Phi) is 5.29. The summed E-state index contributed by atoms with van der Waals surface area (Å²) in [6, 6.07) is 8.56. The first-order valence-corrected chi connectivity index (χ1v) is 5.80. The van der Waals surface area contributed by atoms with Crippen molar-refractivity contribution in [2.24, 2.45) is 0 Å². The summed E-state index contributed by atoms with van der Waals surface area (Å²) in [5.41, 5.74) is 2.28. The van der Waals surface area contributed by atoms with Crippen LogP contribution in [0.2, 0.25) is 0 Å². The standard InChI is InChI=1S/C13H22N2O/c1-10(2)14-8-13(16)9-15-12-6-4-5-11(3)7-12/h4-7,10,13-16H,8-9H2,1-3H3. The number of hydrogen-bond donors (Lipinski definition) is 3. The van der Waals surface area contributed by atoms with Crippen LogP contribution in [0.1, 0.15) is 19.4 Å². The summed E-state index contributed by atoms with van der Waals surface area (Å²) in [5, 5.41) is 16.1. The van der Waals surface area contributed by atoms with Gasteiger partial charge in [0.05, 0.1) is 6.10 Å². The molecule has 0 aromatic heterocycles. The van der Waals surface area contributed by atoms with Gasteiger partial charge in [-0.3, -0.25) is 0 Å². The molecule has 0 radical (unpaired) electrons. The number of benzene rings is 1. The first-order chi connectivity index (χ1) is 7.58. The zero-order chi connectivity index (χ0) is 12.0. The van der Waals surface area contributed by atoms with E-state index in [1.165, 1.54) is 5.56 Å². The van der Waals surface area contributed by atoms with Crippen LogP contribution >= 0.6 is 0 Å². The Bertz CT molecular complexity index is 313. The first kappa shape index (κ1) is 13.0. The highest BCUT2D eigenvalue weighted by atomic mass is 16.3. The van der Waals surface area contributed by atoms with E-state index >= 15 is 0 Å². The summed E-state index contributed by atoms with van der Waals surface area (Å²) in [4.78, 5) is 0. The van der Waals surface area contributed by atoms with Crippen LogP contribution in [-0.4, -0.2) is 30.3 Å². The Morgan fingerprint density at radius 1 is 1.25 bits per heavy atom. The van der Waals surface area contributed by atoms with Crippen molar-refractivity contribution in [2.75, 3.05) is 18.4 Å². The number of rotatable bonds is 6. The fraction of sp³-hybridized carbons (Fsp3) is 0.538. The van der Waals surface area contributed by atoms with Crippen LogP contribution in [0.4, 0.5) is 5.69 Å². The molecule has 90 valence electrons. The van der Waals surface area contributed by atoms with Gasteiger partial charge in [-0.05, 0) is 24.6 Å². The maximum absolute atomic E-state index is 9.70. The molecule has 0 amide bonds. The maximum Gasteiger partial charge on any atom is 0.0836 e. The normalized spacial score (nSPS) is 12.8. The monoisotopic (exact) mass is 222 g/mol. The van der Waals surface area contributed by atoms with Gasteiger partial charge in [0.1, 0.15) is 0 Å². The van der Waals surface area contributed by atoms with Crippen molar-refractivity contribution in [2.45, 2.75) is 32.9 Å². The highest BCUT2D eigenvalue weighted by Gasteiger charge is 2.04. The Labute approximate surface area is 97.9 Å². The van der Waals surface area contributed by atoms with Crippen LogP contribution in [0.5, 0.6) is 0 Å². The van der Waals surface area contributed by atoms with Gasteiger partial charge in [0.2, 0.25) is 0 Å². The minimum atomic E-state index is -0.358. The molecular weight excluding hydrogens is 200 g/mol. The quantitative estimate of drug-likeness (QED) is 0.687. The average Bonchev–Trinajstić information content (AvgIpc) is 2.23. The SMILES string of the molecule is Cc1cccc(NCC(O)CNC(C)C)c1. The minimum Gasteiger partial charge on any atom is -0.390 e. The van der Waals surface area contributed by atoms with Crippen molar-refractivity contribution >= 4 is 5.69 Å². The highest BCUT2D eigenvalue weighted by Crippen LogP contribution is 2.09. The molecule has 0 heterocycles. The first-order valence-electron chi connectivity index (χ1n) is 5.80. The molecule has 1 unspecified atom stereocenters. The lowest BCUT2D eigenvalue weighted by Crippen LogP contribution is -2.35. The van der Waals surface area contributed by atoms with E-state index in [1.54, 1.807) is 0 Å². The summed E-state index contributed by atoms with van der Waals surface area (Å²) in [7, 11) is 0. The largest absolute Gasteiger partial charge is 0.390 e. The molecule has 0 fully saturated rings. The molecule has 0 saturated heterocycles. The third kappa shape index (κ3) is 5.14. The van der Waals surface area contributed by atoms with Gasteiger partial charge in [-0.15, -0.1) is 0 Å². The van der Waals surface area contributed by atoms with E-state index in [2.05, 4.69) is 43.5 Å². The highest BCUT2D eigenvalue weighted by molar-refractivity contribution is 5.45. The van der Waals surface area contributed by atoms with Gasteiger partial charge >= 0.3 is 0 Å². The fourth-order valence-corrected chi connectivity index (χ4v) is 1.43. The molecule has 0 saturated carbocycles. The molecule has 1 atom stereocenters. The number of aliphatic hydroxyl groups excluding tert-OH is 1. The van der Waals surface area contributed by atoms with Crippen molar-refractivity contribution < 1.29 is 5.11 Å². The van der Waals surface area contributed by atoms with Gasteiger partial charge < -0.3 is 15.7 Å². The maximum atomic E-state index is 9.70. The second kappa shape index (κ2) is 6.51. The van der Waals surface area contributed by atoms with Crippen LogP contribution in [0.15, 0.2) is 24.3 Å². The van der Waals surface area contributed by atoms with E-state index < -0.39 is 0 Å². The van der Waals surface area contributed by atoms with Crippen molar-refractivity contribution in [3.05, 3.63) is 29.8 Å². The van der Waals surface area contributed by atoms with Crippen LogP contribution in [0, 0.1) is 6.92 Å². The summed E-state index contributed by atoms with van der Waals surface area (Å²) in [6.07, 6.45) is -0.358. The smallest absolute Gasteiger partial charge is 0.0836 e. The zero-order valence-electron chi connectivity index (χ0n) is 10.3. The topological polar surface area (TPSA) is 44.3 Å². The van der Waals surface area contributed by atoms with E-state index in [9.17, 15) is 5.11 Å². The average molecular weight is 222 g/mol. The lowest BCUT2D eigenvalue weighted by Gasteiger charge is -2.15. The third-order valence-corrected chi connectivity index (χ3v) is 2.32. The van der Waals surface area contributed by atoms with E-state index in [0.29, 0.717) is 19.1 Å².